The number of Topliss-reactive ketones (excluding diaryl/α,β-unsaturated/α-hetero) is 1. The highest BCUT2D eigenvalue weighted by Crippen LogP contribution is 2.17. The molecule has 1 saturated heterocycles. The van der Waals surface area contributed by atoms with Gasteiger partial charge in [0, 0.05) is 12.5 Å². The van der Waals surface area contributed by atoms with Gasteiger partial charge < -0.3 is 15.4 Å². The minimum Gasteiger partial charge on any atom is -0.444 e. The molecule has 2 atom stereocenters. The van der Waals surface area contributed by atoms with Crippen LogP contribution in [0.4, 0.5) is 4.79 Å². The fourth-order valence-electron chi connectivity index (χ4n) is 1.97. The Morgan fingerprint density at radius 1 is 1.50 bits per heavy atom. The molecule has 2 N–H and O–H groups in total. The molecule has 0 spiro atoms. The Balaban J connectivity index is 2.62. The summed E-state index contributed by atoms with van der Waals surface area (Å²) in [6.07, 6.45) is 0.219. The zero-order chi connectivity index (χ0) is 15.3. The molecule has 0 aliphatic carbocycles. The lowest BCUT2D eigenvalue weighted by atomic mass is 9.96. The average Bonchev–Trinajstić information content (AvgIpc) is 2.70. The molecule has 1 rings (SSSR count). The Kier molecular flexibility index (Phi) is 5.80. The third-order valence-electron chi connectivity index (χ3n) is 2.89. The normalized spacial score (nSPS) is 20.2. The number of alkyl halides is 1. The van der Waals surface area contributed by atoms with Crippen molar-refractivity contribution in [2.45, 2.75) is 45.3 Å². The lowest BCUT2D eigenvalue weighted by Gasteiger charge is -2.23. The van der Waals surface area contributed by atoms with Crippen LogP contribution in [0.25, 0.3) is 0 Å². The molecule has 1 aliphatic rings. The quantitative estimate of drug-likeness (QED) is 0.748. The number of hydrogen-bond acceptors (Lipinski definition) is 4. The molecule has 0 bridgehead atoms. The first kappa shape index (κ1) is 16.8. The van der Waals surface area contributed by atoms with Gasteiger partial charge in [0.2, 0.25) is 5.91 Å². The third-order valence-corrected chi connectivity index (χ3v) is 3.16. The summed E-state index contributed by atoms with van der Waals surface area (Å²) >= 11 is 5.54. The van der Waals surface area contributed by atoms with Crippen molar-refractivity contribution in [3.8, 4) is 0 Å². The Hall–Kier alpha value is -1.30. The Morgan fingerprint density at radius 2 is 2.15 bits per heavy atom. The summed E-state index contributed by atoms with van der Waals surface area (Å²) in [4.78, 5) is 35.0. The maximum atomic E-state index is 11.8. The summed E-state index contributed by atoms with van der Waals surface area (Å²) in [5.41, 5.74) is -0.649. The molecule has 2 unspecified atom stereocenters. The minimum absolute atomic E-state index is 0.0941. The first-order valence-electron chi connectivity index (χ1n) is 6.59. The molecular formula is C13H21ClN2O4. The van der Waals surface area contributed by atoms with Crippen LogP contribution < -0.4 is 10.6 Å². The maximum Gasteiger partial charge on any atom is 0.408 e. The van der Waals surface area contributed by atoms with E-state index in [0.29, 0.717) is 13.0 Å². The number of carbonyl (C=O) groups is 3. The number of ether oxygens (including phenoxy) is 1. The number of carbonyl (C=O) groups excluding carboxylic acids is 3. The van der Waals surface area contributed by atoms with Crippen LogP contribution in [0.2, 0.25) is 0 Å². The molecule has 0 aromatic carbocycles. The topological polar surface area (TPSA) is 84.5 Å². The summed E-state index contributed by atoms with van der Waals surface area (Å²) in [6, 6.07) is -0.795. The van der Waals surface area contributed by atoms with Crippen molar-refractivity contribution in [2.24, 2.45) is 5.92 Å². The van der Waals surface area contributed by atoms with Crippen LogP contribution >= 0.6 is 11.6 Å². The van der Waals surface area contributed by atoms with E-state index in [1.54, 1.807) is 20.8 Å². The fraction of sp³-hybridized carbons (Fsp3) is 0.769. The van der Waals surface area contributed by atoms with Gasteiger partial charge in [0.25, 0.3) is 0 Å². The van der Waals surface area contributed by atoms with E-state index >= 15 is 0 Å². The summed E-state index contributed by atoms with van der Waals surface area (Å²) in [5.74, 6) is -0.905. The Bertz CT molecular complexity index is 392. The molecule has 1 fully saturated rings. The number of rotatable bonds is 5. The zero-order valence-electron chi connectivity index (χ0n) is 12.0. The second-order valence-electron chi connectivity index (χ2n) is 5.81. The van der Waals surface area contributed by atoms with Gasteiger partial charge >= 0.3 is 6.09 Å². The SMILES string of the molecule is CC(C)(C)OC(=O)NC(CC1CCNC1=O)C(=O)CCl. The predicted octanol–water partition coefficient (Wildman–Crippen LogP) is 1.21. The molecule has 1 aliphatic heterocycles. The maximum absolute atomic E-state index is 11.8. The second-order valence-corrected chi connectivity index (χ2v) is 6.08. The first-order chi connectivity index (χ1) is 9.23. The zero-order valence-corrected chi connectivity index (χ0v) is 12.8. The van der Waals surface area contributed by atoms with Gasteiger partial charge in [-0.25, -0.2) is 4.79 Å². The number of alkyl carbamates (subject to hydrolysis) is 1. The summed E-state index contributed by atoms with van der Waals surface area (Å²) < 4.78 is 5.11. The highest BCUT2D eigenvalue weighted by atomic mass is 35.5. The van der Waals surface area contributed by atoms with Crippen molar-refractivity contribution in [1.29, 1.82) is 0 Å². The highest BCUT2D eigenvalue weighted by Gasteiger charge is 2.31. The van der Waals surface area contributed by atoms with Crippen LogP contribution in [-0.2, 0) is 14.3 Å². The molecule has 0 radical (unpaired) electrons. The number of halogens is 1. The summed E-state index contributed by atoms with van der Waals surface area (Å²) in [5, 5.41) is 5.19. The van der Waals surface area contributed by atoms with Crippen molar-refractivity contribution in [3.05, 3.63) is 0 Å². The van der Waals surface area contributed by atoms with Crippen molar-refractivity contribution >= 4 is 29.4 Å². The minimum atomic E-state index is -0.795. The summed E-state index contributed by atoms with van der Waals surface area (Å²) in [7, 11) is 0. The Morgan fingerprint density at radius 3 is 2.60 bits per heavy atom. The molecular weight excluding hydrogens is 284 g/mol. The monoisotopic (exact) mass is 304 g/mol. The van der Waals surface area contributed by atoms with Gasteiger partial charge in [-0.3, -0.25) is 9.59 Å². The van der Waals surface area contributed by atoms with Crippen LogP contribution in [0.15, 0.2) is 0 Å². The molecule has 0 aromatic rings. The van der Waals surface area contributed by atoms with Crippen LogP contribution in [-0.4, -0.2) is 41.9 Å². The molecule has 6 nitrogen and oxygen atoms in total. The van der Waals surface area contributed by atoms with Gasteiger partial charge in [-0.1, -0.05) is 0 Å². The van der Waals surface area contributed by atoms with E-state index in [2.05, 4.69) is 10.6 Å². The van der Waals surface area contributed by atoms with Gasteiger partial charge in [-0.2, -0.15) is 0 Å². The lowest BCUT2D eigenvalue weighted by molar-refractivity contribution is -0.123. The largest absolute Gasteiger partial charge is 0.444 e. The molecule has 0 aromatic heterocycles. The third kappa shape index (κ3) is 5.36. The van der Waals surface area contributed by atoms with Crippen LogP contribution in [0.1, 0.15) is 33.6 Å². The van der Waals surface area contributed by atoms with Crippen molar-refractivity contribution in [3.63, 3.8) is 0 Å². The van der Waals surface area contributed by atoms with E-state index in [4.69, 9.17) is 16.3 Å². The van der Waals surface area contributed by atoms with E-state index in [9.17, 15) is 14.4 Å². The molecule has 114 valence electrons. The molecule has 20 heavy (non-hydrogen) atoms. The van der Waals surface area contributed by atoms with Crippen molar-refractivity contribution in [1.82, 2.24) is 10.6 Å². The molecule has 2 amide bonds. The van der Waals surface area contributed by atoms with Crippen molar-refractivity contribution in [2.75, 3.05) is 12.4 Å². The van der Waals surface area contributed by atoms with E-state index < -0.39 is 17.7 Å². The van der Waals surface area contributed by atoms with Gasteiger partial charge in [0.1, 0.15) is 5.60 Å². The first-order valence-corrected chi connectivity index (χ1v) is 7.12. The summed E-state index contributed by atoms with van der Waals surface area (Å²) in [6.45, 7) is 5.79. The van der Waals surface area contributed by atoms with E-state index in [1.807, 2.05) is 0 Å². The van der Waals surface area contributed by atoms with E-state index in [0.717, 1.165) is 0 Å². The molecule has 0 saturated carbocycles. The van der Waals surface area contributed by atoms with Gasteiger partial charge in [-0.05, 0) is 33.6 Å². The number of amides is 2. The smallest absolute Gasteiger partial charge is 0.408 e. The van der Waals surface area contributed by atoms with Crippen LogP contribution in [0.3, 0.4) is 0 Å². The van der Waals surface area contributed by atoms with Gasteiger partial charge in [-0.15, -0.1) is 11.6 Å². The highest BCUT2D eigenvalue weighted by molar-refractivity contribution is 6.28. The van der Waals surface area contributed by atoms with Crippen molar-refractivity contribution < 1.29 is 19.1 Å². The molecule has 7 heteroatoms. The standard InChI is InChI=1S/C13H21ClN2O4/c1-13(2,3)20-12(19)16-9(10(17)7-14)6-8-4-5-15-11(8)18/h8-9H,4-7H2,1-3H3,(H,15,18)(H,16,19). The van der Waals surface area contributed by atoms with Gasteiger partial charge in [0.05, 0.1) is 11.9 Å². The van der Waals surface area contributed by atoms with E-state index in [1.165, 1.54) is 0 Å². The van der Waals surface area contributed by atoms with Crippen LogP contribution in [0, 0.1) is 5.92 Å². The number of hydrogen-bond donors (Lipinski definition) is 2. The lowest BCUT2D eigenvalue weighted by Crippen LogP contribution is -2.45. The average molecular weight is 305 g/mol. The predicted molar refractivity (Wildman–Crippen MR) is 74.6 cm³/mol. The van der Waals surface area contributed by atoms with Gasteiger partial charge in [0.15, 0.2) is 5.78 Å². The number of nitrogens with one attached hydrogen (secondary N) is 2. The molecule has 1 heterocycles. The van der Waals surface area contributed by atoms with E-state index in [-0.39, 0.29) is 29.9 Å². The van der Waals surface area contributed by atoms with Crippen LogP contribution in [0.5, 0.6) is 0 Å². The fourth-order valence-corrected chi connectivity index (χ4v) is 2.15. The second kappa shape index (κ2) is 6.92. The number of ketones is 1. The Labute approximate surface area is 123 Å².